The second-order valence-electron chi connectivity index (χ2n) is 2.10. The Morgan fingerprint density at radius 3 is 2.17 bits per heavy atom. The van der Waals surface area contributed by atoms with Gasteiger partial charge in [0.25, 0.3) is 0 Å². The first-order valence-electron chi connectivity index (χ1n) is 2.94. The minimum absolute atomic E-state index is 0.386. The highest BCUT2D eigenvalue weighted by molar-refractivity contribution is 14.1. The summed E-state index contributed by atoms with van der Waals surface area (Å²) >= 11 is 1.34. The van der Waals surface area contributed by atoms with Gasteiger partial charge >= 0.3 is 6.18 Å². The van der Waals surface area contributed by atoms with Gasteiger partial charge in [-0.05, 0) is 34.7 Å². The molecule has 0 saturated heterocycles. The van der Waals surface area contributed by atoms with Crippen LogP contribution < -0.4 is 0 Å². The molecule has 12 heavy (non-hydrogen) atoms. The Bertz CT molecular complexity index is 292. The zero-order chi connectivity index (χ0) is 9.35. The van der Waals surface area contributed by atoms with Crippen molar-refractivity contribution < 1.29 is 17.6 Å². The average Bonchev–Trinajstić information content (AvgIpc) is 1.92. The summed E-state index contributed by atoms with van der Waals surface area (Å²) < 4.78 is 48.4. The Morgan fingerprint density at radius 1 is 1.17 bits per heavy atom. The molecule has 1 rings (SSSR count). The largest absolute Gasteiger partial charge is 0.417 e. The Balaban J connectivity index is 3.26. The number of benzene rings is 1. The molecule has 0 aliphatic heterocycles. The van der Waals surface area contributed by atoms with Gasteiger partial charge in [0.1, 0.15) is 5.82 Å². The summed E-state index contributed by atoms with van der Waals surface area (Å²) in [7, 11) is 0. The molecule has 0 aliphatic carbocycles. The standard InChI is InChI=1S/C7H3F4I/c8-5-3-1-2-4(6(5)12)7(9,10)11/h1-3H. The monoisotopic (exact) mass is 290 g/mol. The van der Waals surface area contributed by atoms with Crippen LogP contribution in [0.2, 0.25) is 0 Å². The molecule has 0 saturated carbocycles. The van der Waals surface area contributed by atoms with Crippen molar-refractivity contribution in [3.63, 3.8) is 0 Å². The highest BCUT2D eigenvalue weighted by Gasteiger charge is 2.33. The molecule has 0 amide bonds. The van der Waals surface area contributed by atoms with E-state index in [9.17, 15) is 17.6 Å². The molecule has 0 heterocycles. The second kappa shape index (κ2) is 3.20. The number of halogens is 5. The molecular weight excluding hydrogens is 287 g/mol. The maximum Gasteiger partial charge on any atom is 0.417 e. The van der Waals surface area contributed by atoms with Gasteiger partial charge in [-0.25, -0.2) is 4.39 Å². The van der Waals surface area contributed by atoms with Crippen LogP contribution in [0.5, 0.6) is 0 Å². The predicted molar refractivity (Wildman–Crippen MR) is 44.1 cm³/mol. The summed E-state index contributed by atoms with van der Waals surface area (Å²) in [4.78, 5) is 0. The molecule has 0 atom stereocenters. The average molecular weight is 290 g/mol. The zero-order valence-corrected chi connectivity index (χ0v) is 7.78. The fourth-order valence-electron chi connectivity index (χ4n) is 0.723. The molecule has 0 unspecified atom stereocenters. The summed E-state index contributed by atoms with van der Waals surface area (Å²) in [5, 5.41) is 0. The first-order chi connectivity index (χ1) is 5.43. The van der Waals surface area contributed by atoms with E-state index in [0.717, 1.165) is 18.2 Å². The first kappa shape index (κ1) is 9.76. The van der Waals surface area contributed by atoms with E-state index in [0.29, 0.717) is 0 Å². The van der Waals surface area contributed by atoms with Gasteiger partial charge in [-0.2, -0.15) is 13.2 Å². The Kier molecular flexibility index (Phi) is 2.60. The van der Waals surface area contributed by atoms with Gasteiger partial charge in [0.2, 0.25) is 0 Å². The molecule has 0 bridgehead atoms. The van der Waals surface area contributed by atoms with Crippen molar-refractivity contribution in [2.24, 2.45) is 0 Å². The van der Waals surface area contributed by atoms with Crippen molar-refractivity contribution in [3.05, 3.63) is 33.1 Å². The van der Waals surface area contributed by atoms with Crippen LogP contribution in [0.25, 0.3) is 0 Å². The van der Waals surface area contributed by atoms with Crippen LogP contribution in [0, 0.1) is 9.39 Å². The van der Waals surface area contributed by atoms with Crippen molar-refractivity contribution in [2.75, 3.05) is 0 Å². The van der Waals surface area contributed by atoms with E-state index in [4.69, 9.17) is 0 Å². The van der Waals surface area contributed by atoms with E-state index in [-0.39, 0.29) is 3.57 Å². The second-order valence-corrected chi connectivity index (χ2v) is 3.18. The summed E-state index contributed by atoms with van der Waals surface area (Å²) in [6.07, 6.45) is -4.47. The van der Waals surface area contributed by atoms with Crippen LogP contribution in [0.1, 0.15) is 5.56 Å². The van der Waals surface area contributed by atoms with Gasteiger partial charge < -0.3 is 0 Å². The van der Waals surface area contributed by atoms with E-state index in [1.54, 1.807) is 0 Å². The number of rotatable bonds is 0. The van der Waals surface area contributed by atoms with E-state index in [1.165, 1.54) is 22.6 Å². The lowest BCUT2D eigenvalue weighted by Crippen LogP contribution is -2.08. The molecular formula is C7H3F4I. The van der Waals surface area contributed by atoms with Crippen molar-refractivity contribution in [1.82, 2.24) is 0 Å². The van der Waals surface area contributed by atoms with Gasteiger partial charge in [0.15, 0.2) is 0 Å². The quantitative estimate of drug-likeness (QED) is 0.507. The molecule has 0 aromatic heterocycles. The van der Waals surface area contributed by atoms with Crippen molar-refractivity contribution in [1.29, 1.82) is 0 Å². The highest BCUT2D eigenvalue weighted by Crippen LogP contribution is 2.33. The maximum absolute atomic E-state index is 12.6. The lowest BCUT2D eigenvalue weighted by Gasteiger charge is -2.08. The minimum Gasteiger partial charge on any atom is -0.206 e. The normalized spacial score (nSPS) is 11.8. The van der Waals surface area contributed by atoms with Crippen LogP contribution in [0.3, 0.4) is 0 Å². The molecule has 0 nitrogen and oxygen atoms in total. The van der Waals surface area contributed by atoms with Gasteiger partial charge in [-0.3, -0.25) is 0 Å². The van der Waals surface area contributed by atoms with Crippen LogP contribution in [-0.2, 0) is 6.18 Å². The fraction of sp³-hybridized carbons (Fsp3) is 0.143. The SMILES string of the molecule is Fc1cccc(C(F)(F)F)c1I. The summed E-state index contributed by atoms with van der Waals surface area (Å²) in [5.74, 6) is -0.842. The third-order valence-corrected chi connectivity index (χ3v) is 2.35. The zero-order valence-electron chi connectivity index (χ0n) is 5.62. The molecule has 0 N–H and O–H groups in total. The first-order valence-corrected chi connectivity index (χ1v) is 4.02. The molecule has 5 heteroatoms. The lowest BCUT2D eigenvalue weighted by molar-refractivity contribution is -0.138. The fourth-order valence-corrected chi connectivity index (χ4v) is 1.39. The third-order valence-electron chi connectivity index (χ3n) is 1.26. The van der Waals surface area contributed by atoms with Crippen LogP contribution in [0.4, 0.5) is 17.6 Å². The van der Waals surface area contributed by atoms with Gasteiger partial charge in [-0.15, -0.1) is 0 Å². The van der Waals surface area contributed by atoms with Crippen LogP contribution in [-0.4, -0.2) is 0 Å². The molecule has 0 fully saturated rings. The summed E-state index contributed by atoms with van der Waals surface area (Å²) in [6, 6.07) is 2.89. The molecule has 1 aromatic rings. The van der Waals surface area contributed by atoms with E-state index in [1.807, 2.05) is 0 Å². The van der Waals surface area contributed by atoms with E-state index < -0.39 is 17.6 Å². The third kappa shape index (κ3) is 1.88. The summed E-state index contributed by atoms with van der Waals surface area (Å²) in [6.45, 7) is 0. The summed E-state index contributed by atoms with van der Waals surface area (Å²) in [5.41, 5.74) is -0.928. The molecule has 0 radical (unpaired) electrons. The number of hydrogen-bond acceptors (Lipinski definition) is 0. The minimum atomic E-state index is -4.47. The van der Waals surface area contributed by atoms with E-state index in [2.05, 4.69) is 0 Å². The van der Waals surface area contributed by atoms with Gasteiger partial charge in [-0.1, -0.05) is 6.07 Å². The van der Waals surface area contributed by atoms with E-state index >= 15 is 0 Å². The molecule has 0 aliphatic rings. The highest BCUT2D eigenvalue weighted by atomic mass is 127. The van der Waals surface area contributed by atoms with Crippen molar-refractivity contribution in [3.8, 4) is 0 Å². The Labute approximate surface area is 79.7 Å². The predicted octanol–water partition coefficient (Wildman–Crippen LogP) is 3.45. The van der Waals surface area contributed by atoms with Crippen LogP contribution >= 0.6 is 22.6 Å². The topological polar surface area (TPSA) is 0 Å². The van der Waals surface area contributed by atoms with Gasteiger partial charge in [0.05, 0.1) is 9.13 Å². The lowest BCUT2D eigenvalue weighted by atomic mass is 10.2. The smallest absolute Gasteiger partial charge is 0.206 e. The molecule has 0 spiro atoms. The molecule has 66 valence electrons. The Morgan fingerprint density at radius 2 is 1.75 bits per heavy atom. The number of alkyl halides is 3. The van der Waals surface area contributed by atoms with Crippen LogP contribution in [0.15, 0.2) is 18.2 Å². The molecule has 1 aromatic carbocycles. The number of hydrogen-bond donors (Lipinski definition) is 0. The van der Waals surface area contributed by atoms with Crippen molar-refractivity contribution >= 4 is 22.6 Å². The Hall–Kier alpha value is -0.330. The maximum atomic E-state index is 12.6. The van der Waals surface area contributed by atoms with Gasteiger partial charge in [0, 0.05) is 0 Å². The van der Waals surface area contributed by atoms with Crippen molar-refractivity contribution in [2.45, 2.75) is 6.18 Å².